The fraction of sp³-hybridized carbons (Fsp3) is 0.148. The molecule has 0 bridgehead atoms. The molecule has 0 fully saturated rings. The van der Waals surface area contributed by atoms with Crippen LogP contribution in [0.3, 0.4) is 0 Å². The van der Waals surface area contributed by atoms with E-state index in [4.69, 9.17) is 22.1 Å². The van der Waals surface area contributed by atoms with E-state index in [1.165, 1.54) is 29.4 Å². The number of pyridine rings is 2. The molecule has 0 unspecified atom stereocenters. The van der Waals surface area contributed by atoms with E-state index in [-0.39, 0.29) is 45.9 Å². The maximum atomic E-state index is 13.8. The molecule has 5 aromatic rings. The topological polar surface area (TPSA) is 138 Å². The molecule has 0 radical (unpaired) electrons. The number of hydrogen-bond acceptors (Lipinski definition) is 9. The van der Waals surface area contributed by atoms with E-state index >= 15 is 0 Å². The van der Waals surface area contributed by atoms with Crippen LogP contribution in [0, 0.1) is 0 Å². The number of nitrogens with two attached hydrogens (primary N) is 1. The Labute approximate surface area is 241 Å². The van der Waals surface area contributed by atoms with Crippen LogP contribution >= 0.6 is 11.6 Å². The molecule has 15 heteroatoms. The Bertz CT molecular complexity index is 1850. The van der Waals surface area contributed by atoms with E-state index in [1.54, 1.807) is 44.4 Å². The number of imidazole rings is 1. The van der Waals surface area contributed by atoms with Gasteiger partial charge < -0.3 is 30.2 Å². The van der Waals surface area contributed by atoms with Gasteiger partial charge in [-0.1, -0.05) is 41.9 Å². The molecule has 42 heavy (non-hydrogen) atoms. The van der Waals surface area contributed by atoms with Crippen molar-refractivity contribution in [2.24, 2.45) is 12.8 Å². The molecule has 0 saturated heterocycles. The lowest BCUT2D eigenvalue weighted by Crippen LogP contribution is -2.25. The van der Waals surface area contributed by atoms with Crippen LogP contribution in [-0.4, -0.2) is 36.1 Å². The van der Waals surface area contributed by atoms with Crippen LogP contribution in [0.1, 0.15) is 16.8 Å². The van der Waals surface area contributed by atoms with E-state index in [9.17, 15) is 18.0 Å². The third kappa shape index (κ3) is 5.56. The number of hydrogen-bond donors (Lipinski definition) is 3. The van der Waals surface area contributed by atoms with Crippen molar-refractivity contribution < 1.29 is 17.9 Å². The molecule has 0 spiro atoms. The minimum atomic E-state index is -4.70. The summed E-state index contributed by atoms with van der Waals surface area (Å²) in [7, 11) is 3.22. The van der Waals surface area contributed by atoms with Crippen LogP contribution in [0.5, 0.6) is 5.75 Å². The normalized spacial score (nSPS) is 12.0. The third-order valence-corrected chi connectivity index (χ3v) is 6.57. The lowest BCUT2D eigenvalue weighted by molar-refractivity contribution is -0.138. The highest BCUT2D eigenvalue weighted by Crippen LogP contribution is 2.36. The molecule has 0 saturated carbocycles. The maximum absolute atomic E-state index is 13.8. The molecule has 0 aliphatic heterocycles. The summed E-state index contributed by atoms with van der Waals surface area (Å²) >= 11 is 6.67. The quantitative estimate of drug-likeness (QED) is 0.216. The Morgan fingerprint density at radius 2 is 1.90 bits per heavy atom. The number of nitrogens with one attached hydrogen (secondary N) is 2. The molecule has 0 aliphatic rings. The SMILES string of the molecule is CNc1nccnc1C(=CN)Oc1cnc2nc(Nc3cc(C(F)(F)F)cn(Cc4ccccc4)c3=O)n(C)c2c1Cl. The smallest absolute Gasteiger partial charge is 0.417 e. The van der Waals surface area contributed by atoms with Gasteiger partial charge in [0.15, 0.2) is 23.0 Å². The number of halogens is 4. The van der Waals surface area contributed by atoms with E-state index in [2.05, 4.69) is 30.6 Å². The highest BCUT2D eigenvalue weighted by molar-refractivity contribution is 6.36. The van der Waals surface area contributed by atoms with Gasteiger partial charge in [-0.15, -0.1) is 0 Å². The Kier molecular flexibility index (Phi) is 7.72. The number of benzene rings is 1. The van der Waals surface area contributed by atoms with E-state index in [0.29, 0.717) is 17.1 Å². The predicted octanol–water partition coefficient (Wildman–Crippen LogP) is 4.76. The van der Waals surface area contributed by atoms with Crippen LogP contribution in [0.15, 0.2) is 72.2 Å². The lowest BCUT2D eigenvalue weighted by atomic mass is 10.2. The minimum Gasteiger partial charge on any atom is -0.450 e. The first-order chi connectivity index (χ1) is 20.1. The Morgan fingerprint density at radius 3 is 2.60 bits per heavy atom. The third-order valence-electron chi connectivity index (χ3n) is 6.20. The summed E-state index contributed by atoms with van der Waals surface area (Å²) in [6.07, 6.45) is 1.56. The maximum Gasteiger partial charge on any atom is 0.417 e. The van der Waals surface area contributed by atoms with Gasteiger partial charge in [0.05, 0.1) is 18.3 Å². The average molecular weight is 598 g/mol. The van der Waals surface area contributed by atoms with Crippen LogP contribution < -0.4 is 26.7 Å². The molecule has 5 rings (SSSR count). The average Bonchev–Trinajstić information content (AvgIpc) is 3.30. The van der Waals surface area contributed by atoms with Crippen molar-refractivity contribution in [1.82, 2.24) is 29.1 Å². The highest BCUT2D eigenvalue weighted by atomic mass is 35.5. The second-order valence-corrected chi connectivity index (χ2v) is 9.30. The number of ether oxygens (including phenoxy) is 1. The zero-order valence-corrected chi connectivity index (χ0v) is 22.9. The summed E-state index contributed by atoms with van der Waals surface area (Å²) in [4.78, 5) is 30.3. The first-order valence-corrected chi connectivity index (χ1v) is 12.7. The van der Waals surface area contributed by atoms with Crippen LogP contribution in [-0.2, 0) is 19.8 Å². The highest BCUT2D eigenvalue weighted by Gasteiger charge is 2.32. The molecular weight excluding hydrogens is 575 g/mol. The van der Waals surface area contributed by atoms with E-state index < -0.39 is 17.3 Å². The second kappa shape index (κ2) is 11.4. The van der Waals surface area contributed by atoms with E-state index in [1.807, 2.05) is 0 Å². The molecule has 0 aliphatic carbocycles. The Balaban J connectivity index is 1.52. The summed E-state index contributed by atoms with van der Waals surface area (Å²) < 4.78 is 49.7. The van der Waals surface area contributed by atoms with Crippen LogP contribution in [0.2, 0.25) is 5.02 Å². The summed E-state index contributed by atoms with van der Waals surface area (Å²) in [5, 5.41) is 5.71. The first-order valence-electron chi connectivity index (χ1n) is 12.3. The monoisotopic (exact) mass is 597 g/mol. The fourth-order valence-electron chi connectivity index (χ4n) is 4.18. The van der Waals surface area contributed by atoms with Crippen LogP contribution in [0.25, 0.3) is 16.9 Å². The molecule has 11 nitrogen and oxygen atoms in total. The van der Waals surface area contributed by atoms with Gasteiger partial charge in [0.25, 0.3) is 5.56 Å². The molecular formula is C27H23ClF3N9O2. The number of aromatic nitrogens is 6. The van der Waals surface area contributed by atoms with Crippen LogP contribution in [0.4, 0.5) is 30.6 Å². The summed E-state index contributed by atoms with van der Waals surface area (Å²) in [6.45, 7) is -0.0626. The molecule has 0 amide bonds. The summed E-state index contributed by atoms with van der Waals surface area (Å²) in [6, 6.07) is 9.42. The fourth-order valence-corrected chi connectivity index (χ4v) is 4.47. The molecule has 4 N–H and O–H groups in total. The number of anilines is 3. The van der Waals surface area contributed by atoms with Gasteiger partial charge in [0.1, 0.15) is 21.9 Å². The van der Waals surface area contributed by atoms with Crippen molar-refractivity contribution in [3.8, 4) is 5.75 Å². The van der Waals surface area contributed by atoms with Crippen molar-refractivity contribution in [2.75, 3.05) is 17.7 Å². The minimum absolute atomic E-state index is 0.0280. The van der Waals surface area contributed by atoms with Crippen molar-refractivity contribution in [3.63, 3.8) is 0 Å². The van der Waals surface area contributed by atoms with Gasteiger partial charge in [-0.25, -0.2) is 15.0 Å². The van der Waals surface area contributed by atoms with Gasteiger partial charge in [-0.3, -0.25) is 4.79 Å². The zero-order valence-electron chi connectivity index (χ0n) is 22.1. The Hall–Kier alpha value is -5.11. The van der Waals surface area contributed by atoms with E-state index in [0.717, 1.165) is 16.8 Å². The van der Waals surface area contributed by atoms with Gasteiger partial charge in [0.2, 0.25) is 5.95 Å². The molecule has 4 heterocycles. The van der Waals surface area contributed by atoms with Crippen molar-refractivity contribution in [2.45, 2.75) is 12.7 Å². The first kappa shape index (κ1) is 28.4. The lowest BCUT2D eigenvalue weighted by Gasteiger charge is -2.15. The van der Waals surface area contributed by atoms with Crippen molar-refractivity contribution in [3.05, 3.63) is 99.6 Å². The van der Waals surface area contributed by atoms with Crippen molar-refractivity contribution in [1.29, 1.82) is 0 Å². The molecule has 4 aromatic heterocycles. The molecule has 216 valence electrons. The number of alkyl halides is 3. The zero-order chi connectivity index (χ0) is 30.0. The van der Waals surface area contributed by atoms with Crippen molar-refractivity contribution >= 4 is 46.0 Å². The predicted molar refractivity (Wildman–Crippen MR) is 152 cm³/mol. The number of rotatable bonds is 8. The molecule has 0 atom stereocenters. The van der Waals surface area contributed by atoms with Gasteiger partial charge in [0, 0.05) is 38.9 Å². The number of fused-ring (bicyclic) bond motifs is 1. The largest absolute Gasteiger partial charge is 0.450 e. The summed E-state index contributed by atoms with van der Waals surface area (Å²) in [5.41, 5.74) is 5.20. The molecule has 1 aromatic carbocycles. The second-order valence-electron chi connectivity index (χ2n) is 8.92. The number of aryl methyl sites for hydroxylation is 1. The number of nitrogens with zero attached hydrogens (tertiary/aromatic N) is 6. The Morgan fingerprint density at radius 1 is 1.17 bits per heavy atom. The summed E-state index contributed by atoms with van der Waals surface area (Å²) in [5.74, 6) is 0.678. The van der Waals surface area contributed by atoms with Gasteiger partial charge in [-0.2, -0.15) is 18.2 Å². The van der Waals surface area contributed by atoms with Gasteiger partial charge >= 0.3 is 6.18 Å². The standard InChI is InChI=1S/C27H23ClF3N9O2/c1-33-23-21(34-8-9-35-23)18(11-32)42-19-12-36-24-22(20(19)28)39(2)26(38-24)37-17-10-16(27(29,30)31)14-40(25(17)41)13-15-6-4-3-5-7-15/h3-12,14H,13,32H2,1-2H3,(H,33,35)(H,36,37,38). The van der Waals surface area contributed by atoms with Gasteiger partial charge in [-0.05, 0) is 11.6 Å².